The molecule has 1 fully saturated rings. The number of carbonyl (C=O) groups is 4. The summed E-state index contributed by atoms with van der Waals surface area (Å²) < 4.78 is 5.04. The molecule has 1 saturated heterocycles. The summed E-state index contributed by atoms with van der Waals surface area (Å²) in [5, 5.41) is 4.90. The predicted octanol–water partition coefficient (Wildman–Crippen LogP) is 8.59. The molecule has 1 aromatic heterocycles. The average molecular weight is 703 g/mol. The standard InChI is InChI=1S/C37H30Cl3N3O5/c1-22(44)18-32-34-28(16-17-41(32)36(47)48-21-37(38,39)40)27-12-6-7-13-30(27)43(34)35(46)31-14-15-33(45)42(31)20-29-25-10-4-2-8-23(25)19-24-9-3-5-11-26(24)29/h2-13,16-17,19,31-32H,14-15,18,20-21H2,1H3/t31-,32-/m0/s1. The monoisotopic (exact) mass is 701 g/mol. The minimum atomic E-state index is -1.84. The van der Waals surface area contributed by atoms with Crippen LogP contribution in [0.15, 0.2) is 85.1 Å². The number of hydrogen-bond donors (Lipinski definition) is 0. The first-order valence-corrected chi connectivity index (χ1v) is 16.7. The molecule has 0 spiro atoms. The molecule has 0 bridgehead atoms. The molecule has 0 N–H and O–H groups in total. The molecule has 0 saturated carbocycles. The van der Waals surface area contributed by atoms with E-state index in [1.807, 2.05) is 72.8 Å². The van der Waals surface area contributed by atoms with E-state index in [1.165, 1.54) is 18.0 Å². The van der Waals surface area contributed by atoms with Crippen LogP contribution in [0.4, 0.5) is 4.79 Å². The van der Waals surface area contributed by atoms with Gasteiger partial charge in [0.2, 0.25) is 9.70 Å². The molecule has 3 heterocycles. The summed E-state index contributed by atoms with van der Waals surface area (Å²) in [5.41, 5.74) is 2.74. The molecule has 2 amide bonds. The lowest BCUT2D eigenvalue weighted by Crippen LogP contribution is -2.43. The van der Waals surface area contributed by atoms with Gasteiger partial charge in [0, 0.05) is 36.5 Å². The lowest BCUT2D eigenvalue weighted by Gasteiger charge is -2.33. The van der Waals surface area contributed by atoms with Crippen molar-refractivity contribution in [1.29, 1.82) is 0 Å². The van der Waals surface area contributed by atoms with Gasteiger partial charge in [-0.3, -0.25) is 23.9 Å². The number of halogens is 3. The molecular weight excluding hydrogens is 673 g/mol. The van der Waals surface area contributed by atoms with Crippen LogP contribution in [0.25, 0.3) is 38.5 Å². The number of likely N-dealkylation sites (tertiary alicyclic amines) is 1. The number of fused-ring (bicyclic) bond motifs is 5. The molecule has 0 unspecified atom stereocenters. The molecular formula is C37H30Cl3N3O5. The zero-order valence-corrected chi connectivity index (χ0v) is 28.1. The SMILES string of the molecule is CC(=O)C[C@H]1c2c(c3ccccc3n2C(=O)[C@@H]2CCC(=O)N2Cc2c3ccccc3cc3ccccc23)C=CN1C(=O)OCC(Cl)(Cl)Cl. The molecule has 5 aromatic rings. The number of ketones is 1. The van der Waals surface area contributed by atoms with Gasteiger partial charge in [0.15, 0.2) is 0 Å². The smallest absolute Gasteiger partial charge is 0.414 e. The molecule has 8 nitrogen and oxygen atoms in total. The lowest BCUT2D eigenvalue weighted by atomic mass is 9.96. The second-order valence-electron chi connectivity index (χ2n) is 12.2. The number of rotatable bonds is 6. The van der Waals surface area contributed by atoms with Crippen LogP contribution in [-0.4, -0.2) is 54.5 Å². The summed E-state index contributed by atoms with van der Waals surface area (Å²) in [5.74, 6) is -0.640. The highest BCUT2D eigenvalue weighted by Crippen LogP contribution is 2.41. The minimum absolute atomic E-state index is 0.0981. The summed E-state index contributed by atoms with van der Waals surface area (Å²) in [4.78, 5) is 57.4. The van der Waals surface area contributed by atoms with Gasteiger partial charge in [0.1, 0.15) is 18.4 Å². The summed E-state index contributed by atoms with van der Waals surface area (Å²) in [6, 6.07) is 23.9. The number of para-hydroxylation sites is 1. The van der Waals surface area contributed by atoms with Gasteiger partial charge in [-0.15, -0.1) is 0 Å². The van der Waals surface area contributed by atoms with E-state index in [-0.39, 0.29) is 37.0 Å². The molecule has 2 atom stereocenters. The van der Waals surface area contributed by atoms with Crippen LogP contribution in [0.3, 0.4) is 0 Å². The van der Waals surface area contributed by atoms with E-state index in [0.29, 0.717) is 23.2 Å². The number of hydrogen-bond acceptors (Lipinski definition) is 5. The van der Waals surface area contributed by atoms with Crippen molar-refractivity contribution < 1.29 is 23.9 Å². The topological polar surface area (TPSA) is 88.9 Å². The molecule has 0 radical (unpaired) electrons. The van der Waals surface area contributed by atoms with E-state index in [9.17, 15) is 19.2 Å². The maximum Gasteiger partial charge on any atom is 0.414 e. The Balaban J connectivity index is 1.33. The van der Waals surface area contributed by atoms with Crippen molar-refractivity contribution in [1.82, 2.24) is 14.4 Å². The number of benzene rings is 4. The van der Waals surface area contributed by atoms with E-state index >= 15 is 0 Å². The number of carbonyl (C=O) groups excluding carboxylic acids is 4. The Hall–Kier alpha value is -4.37. The van der Waals surface area contributed by atoms with Gasteiger partial charge in [0.25, 0.3) is 5.91 Å². The molecule has 244 valence electrons. The summed E-state index contributed by atoms with van der Waals surface area (Å²) in [6.45, 7) is 1.15. The number of aromatic nitrogens is 1. The average Bonchev–Trinajstić information content (AvgIpc) is 3.60. The van der Waals surface area contributed by atoms with Crippen molar-refractivity contribution in [2.45, 2.75) is 48.6 Å². The Morgan fingerprint density at radius 2 is 1.52 bits per heavy atom. The number of Topliss-reactive ketones (excluding diaryl/α,β-unsaturated/α-hetero) is 1. The molecule has 48 heavy (non-hydrogen) atoms. The van der Waals surface area contributed by atoms with Crippen LogP contribution in [0.2, 0.25) is 0 Å². The van der Waals surface area contributed by atoms with Crippen LogP contribution in [0.1, 0.15) is 53.8 Å². The fourth-order valence-corrected chi connectivity index (χ4v) is 7.24. The third-order valence-corrected chi connectivity index (χ3v) is 9.43. The van der Waals surface area contributed by atoms with Crippen molar-refractivity contribution >= 4 is 97.0 Å². The Labute approximate surface area is 291 Å². The van der Waals surface area contributed by atoms with E-state index in [0.717, 1.165) is 32.5 Å². The second-order valence-corrected chi connectivity index (χ2v) is 14.7. The molecule has 4 aromatic carbocycles. The highest BCUT2D eigenvalue weighted by molar-refractivity contribution is 6.67. The first kappa shape index (κ1) is 32.2. The summed E-state index contributed by atoms with van der Waals surface area (Å²) in [7, 11) is 0. The Bertz CT molecular complexity index is 2110. The van der Waals surface area contributed by atoms with Gasteiger partial charge in [-0.25, -0.2) is 4.79 Å². The summed E-state index contributed by atoms with van der Waals surface area (Å²) >= 11 is 17.5. The maximum absolute atomic E-state index is 14.9. The fourth-order valence-electron chi connectivity index (χ4n) is 7.08. The van der Waals surface area contributed by atoms with E-state index in [4.69, 9.17) is 39.5 Å². The third kappa shape index (κ3) is 5.82. The molecule has 2 aliphatic rings. The minimum Gasteiger partial charge on any atom is -0.445 e. The Morgan fingerprint density at radius 3 is 2.17 bits per heavy atom. The van der Waals surface area contributed by atoms with E-state index < -0.39 is 28.6 Å². The first-order valence-electron chi connectivity index (χ1n) is 15.6. The van der Waals surface area contributed by atoms with Crippen molar-refractivity contribution in [3.63, 3.8) is 0 Å². The second kappa shape index (κ2) is 12.6. The molecule has 11 heteroatoms. The third-order valence-electron chi connectivity index (χ3n) is 9.10. The van der Waals surface area contributed by atoms with Crippen molar-refractivity contribution in [3.05, 3.63) is 102 Å². The maximum atomic E-state index is 14.9. The zero-order chi connectivity index (χ0) is 33.7. The van der Waals surface area contributed by atoms with Gasteiger partial charge >= 0.3 is 6.09 Å². The first-order chi connectivity index (χ1) is 23.0. The fraction of sp³-hybridized carbons (Fsp3) is 0.243. The Morgan fingerprint density at radius 1 is 0.896 bits per heavy atom. The van der Waals surface area contributed by atoms with Crippen LogP contribution < -0.4 is 0 Å². The number of nitrogens with zero attached hydrogens (tertiary/aromatic N) is 3. The molecule has 2 aliphatic heterocycles. The van der Waals surface area contributed by atoms with E-state index in [2.05, 4.69) is 6.07 Å². The molecule has 7 rings (SSSR count). The predicted molar refractivity (Wildman–Crippen MR) is 188 cm³/mol. The normalized spacial score (nSPS) is 17.8. The Kier molecular flexibility index (Phi) is 8.44. The highest BCUT2D eigenvalue weighted by Gasteiger charge is 2.42. The van der Waals surface area contributed by atoms with Gasteiger partial charge in [0.05, 0.1) is 17.3 Å². The van der Waals surface area contributed by atoms with Crippen LogP contribution >= 0.6 is 34.8 Å². The van der Waals surface area contributed by atoms with Gasteiger partial charge in [-0.1, -0.05) is 102 Å². The number of alkyl halides is 3. The number of amides is 2. The summed E-state index contributed by atoms with van der Waals surface area (Å²) in [6.07, 6.45) is 2.85. The van der Waals surface area contributed by atoms with Crippen molar-refractivity contribution in [3.8, 4) is 0 Å². The van der Waals surface area contributed by atoms with Crippen LogP contribution in [0, 0.1) is 0 Å². The quantitative estimate of drug-likeness (QED) is 0.131. The highest BCUT2D eigenvalue weighted by atomic mass is 35.6. The van der Waals surface area contributed by atoms with Gasteiger partial charge in [-0.2, -0.15) is 0 Å². The van der Waals surface area contributed by atoms with E-state index in [1.54, 1.807) is 15.5 Å². The number of ether oxygens (including phenoxy) is 1. The van der Waals surface area contributed by atoms with Crippen LogP contribution in [-0.2, 0) is 20.9 Å². The zero-order valence-electron chi connectivity index (χ0n) is 25.9. The van der Waals surface area contributed by atoms with Crippen LogP contribution in [0.5, 0.6) is 0 Å². The van der Waals surface area contributed by atoms with Crippen molar-refractivity contribution in [2.24, 2.45) is 0 Å². The largest absolute Gasteiger partial charge is 0.445 e. The van der Waals surface area contributed by atoms with Gasteiger partial charge in [-0.05, 0) is 58.7 Å². The molecule has 0 aliphatic carbocycles. The lowest BCUT2D eigenvalue weighted by molar-refractivity contribution is -0.129. The van der Waals surface area contributed by atoms with Crippen molar-refractivity contribution in [2.75, 3.05) is 6.61 Å². The van der Waals surface area contributed by atoms with Gasteiger partial charge < -0.3 is 9.64 Å².